The van der Waals surface area contributed by atoms with E-state index in [1.165, 1.54) is 19.1 Å². The molecule has 0 aliphatic carbocycles. The Morgan fingerprint density at radius 3 is 2.38 bits per heavy atom. The number of Topliss-reactive ketones (excluding diaryl/α,β-unsaturated/α-hetero) is 1. The van der Waals surface area contributed by atoms with Crippen LogP contribution >= 0.6 is 0 Å². The second-order valence-corrected chi connectivity index (χ2v) is 4.56. The van der Waals surface area contributed by atoms with E-state index in [2.05, 4.69) is 0 Å². The van der Waals surface area contributed by atoms with Crippen LogP contribution < -0.4 is 0 Å². The van der Waals surface area contributed by atoms with E-state index in [0.29, 0.717) is 11.6 Å². The van der Waals surface area contributed by atoms with Crippen LogP contribution in [0, 0.1) is 35.7 Å². The minimum absolute atomic E-state index is 0.0339. The van der Waals surface area contributed by atoms with Crippen molar-refractivity contribution < 1.29 is 18.0 Å². The fourth-order valence-electron chi connectivity index (χ4n) is 1.92. The molecule has 2 nitrogen and oxygen atoms in total. The summed E-state index contributed by atoms with van der Waals surface area (Å²) in [5.41, 5.74) is 0.0891. The summed E-state index contributed by atoms with van der Waals surface area (Å²) in [5.74, 6) is -4.56. The van der Waals surface area contributed by atoms with Crippen LogP contribution in [-0.4, -0.2) is 5.78 Å². The lowest BCUT2D eigenvalue weighted by atomic mass is 9.91. The normalized spacial score (nSPS) is 11.8. The molecule has 0 spiro atoms. The number of rotatable bonds is 3. The van der Waals surface area contributed by atoms with Crippen LogP contribution in [0.5, 0.6) is 0 Å². The molecule has 5 heteroatoms. The molecule has 2 rings (SSSR count). The number of ketones is 1. The van der Waals surface area contributed by atoms with Crippen molar-refractivity contribution in [3.8, 4) is 6.07 Å². The highest BCUT2D eigenvalue weighted by atomic mass is 19.1. The number of nitrogens with zero attached hydrogens (tertiary/aromatic N) is 1. The lowest BCUT2D eigenvalue weighted by molar-refractivity contribution is 0.0977. The first-order valence-corrected chi connectivity index (χ1v) is 6.09. The monoisotopic (exact) mass is 289 g/mol. The summed E-state index contributed by atoms with van der Waals surface area (Å²) in [7, 11) is 0. The number of halogens is 3. The number of hydrogen-bond donors (Lipinski definition) is 0. The van der Waals surface area contributed by atoms with Crippen molar-refractivity contribution in [2.24, 2.45) is 0 Å². The van der Waals surface area contributed by atoms with Gasteiger partial charge in [-0.15, -0.1) is 0 Å². The summed E-state index contributed by atoms with van der Waals surface area (Å²) in [4.78, 5) is 12.2. The summed E-state index contributed by atoms with van der Waals surface area (Å²) in [6.45, 7) is 1.53. The van der Waals surface area contributed by atoms with Gasteiger partial charge in [0, 0.05) is 17.2 Å². The minimum Gasteiger partial charge on any atom is -0.292 e. The average molecular weight is 289 g/mol. The van der Waals surface area contributed by atoms with Gasteiger partial charge >= 0.3 is 0 Å². The van der Waals surface area contributed by atoms with Crippen molar-refractivity contribution in [2.75, 3.05) is 0 Å². The average Bonchev–Trinajstić information content (AvgIpc) is 2.44. The summed E-state index contributed by atoms with van der Waals surface area (Å²) >= 11 is 0. The van der Waals surface area contributed by atoms with Crippen LogP contribution in [0.4, 0.5) is 13.2 Å². The second kappa shape index (κ2) is 5.80. The number of nitriles is 1. The molecule has 0 aliphatic rings. The molecule has 0 heterocycles. The topological polar surface area (TPSA) is 40.9 Å². The molecule has 106 valence electrons. The lowest BCUT2D eigenvalue weighted by Crippen LogP contribution is -2.13. The first-order chi connectivity index (χ1) is 9.93. The predicted octanol–water partition coefficient (Wildman–Crippen LogP) is 3.90. The number of benzene rings is 2. The minimum atomic E-state index is -1.45. The van der Waals surface area contributed by atoms with Gasteiger partial charge in [-0.2, -0.15) is 5.26 Å². The van der Waals surface area contributed by atoms with Crippen molar-refractivity contribution in [3.05, 3.63) is 70.5 Å². The van der Waals surface area contributed by atoms with E-state index in [4.69, 9.17) is 5.26 Å². The molecule has 0 radical (unpaired) electrons. The van der Waals surface area contributed by atoms with Gasteiger partial charge in [-0.1, -0.05) is 18.2 Å². The third-order valence-corrected chi connectivity index (χ3v) is 3.12. The van der Waals surface area contributed by atoms with Crippen LogP contribution in [0.25, 0.3) is 0 Å². The highest BCUT2D eigenvalue weighted by Gasteiger charge is 2.25. The van der Waals surface area contributed by atoms with E-state index in [9.17, 15) is 18.0 Å². The molecule has 21 heavy (non-hydrogen) atoms. The summed E-state index contributed by atoms with van der Waals surface area (Å²) < 4.78 is 40.1. The maximum Gasteiger partial charge on any atom is 0.184 e. The Morgan fingerprint density at radius 1 is 1.10 bits per heavy atom. The third-order valence-electron chi connectivity index (χ3n) is 3.12. The van der Waals surface area contributed by atoms with E-state index in [-0.39, 0.29) is 11.1 Å². The molecular weight excluding hydrogens is 279 g/mol. The fourth-order valence-corrected chi connectivity index (χ4v) is 1.92. The summed E-state index contributed by atoms with van der Waals surface area (Å²) in [6, 6.07) is 8.05. The molecule has 0 amide bonds. The van der Waals surface area contributed by atoms with Gasteiger partial charge in [0.1, 0.15) is 23.4 Å². The van der Waals surface area contributed by atoms with Crippen molar-refractivity contribution in [2.45, 2.75) is 12.8 Å². The zero-order valence-corrected chi connectivity index (χ0v) is 11.0. The standard InChI is InChI=1S/C16H10F3NO/c1-9-2-3-10(6-14(9)18)16(21)13(8-20)12-5-4-11(17)7-15(12)19/h2-7,13H,1H3. The van der Waals surface area contributed by atoms with Crippen LogP contribution in [0.2, 0.25) is 0 Å². The highest BCUT2D eigenvalue weighted by Crippen LogP contribution is 2.24. The molecule has 2 aromatic rings. The Morgan fingerprint density at radius 2 is 1.81 bits per heavy atom. The van der Waals surface area contributed by atoms with Crippen molar-refractivity contribution >= 4 is 5.78 Å². The fraction of sp³-hybridized carbons (Fsp3) is 0.125. The van der Waals surface area contributed by atoms with E-state index >= 15 is 0 Å². The number of carbonyl (C=O) groups excluding carboxylic acids is 1. The number of aryl methyl sites for hydroxylation is 1. The van der Waals surface area contributed by atoms with Gasteiger partial charge in [0.2, 0.25) is 0 Å². The zero-order chi connectivity index (χ0) is 15.6. The van der Waals surface area contributed by atoms with Crippen LogP contribution in [-0.2, 0) is 0 Å². The predicted molar refractivity (Wildman–Crippen MR) is 70.2 cm³/mol. The van der Waals surface area contributed by atoms with Crippen LogP contribution in [0.1, 0.15) is 27.4 Å². The molecule has 0 fully saturated rings. The Balaban J connectivity index is 2.43. The maximum atomic E-state index is 13.7. The number of carbonyl (C=O) groups is 1. The van der Waals surface area contributed by atoms with E-state index < -0.39 is 29.2 Å². The SMILES string of the molecule is Cc1ccc(C(=O)C(C#N)c2ccc(F)cc2F)cc1F. The smallest absolute Gasteiger partial charge is 0.184 e. The van der Waals surface area contributed by atoms with Crippen molar-refractivity contribution in [1.82, 2.24) is 0 Å². The van der Waals surface area contributed by atoms with Gasteiger partial charge in [-0.25, -0.2) is 13.2 Å². The third kappa shape index (κ3) is 2.95. The molecular formula is C16H10F3NO. The van der Waals surface area contributed by atoms with Gasteiger partial charge in [0.25, 0.3) is 0 Å². The summed E-state index contributed by atoms with van der Waals surface area (Å²) in [5, 5.41) is 9.10. The van der Waals surface area contributed by atoms with Gasteiger partial charge in [0.05, 0.1) is 6.07 Å². The zero-order valence-electron chi connectivity index (χ0n) is 11.0. The highest BCUT2D eigenvalue weighted by molar-refractivity contribution is 6.02. The molecule has 0 bridgehead atoms. The summed E-state index contributed by atoms with van der Waals surface area (Å²) in [6.07, 6.45) is 0. The van der Waals surface area contributed by atoms with Gasteiger partial charge in [-0.3, -0.25) is 4.79 Å². The van der Waals surface area contributed by atoms with E-state index in [1.807, 2.05) is 0 Å². The first kappa shape index (κ1) is 14.8. The van der Waals surface area contributed by atoms with Crippen molar-refractivity contribution in [1.29, 1.82) is 5.26 Å². The van der Waals surface area contributed by atoms with Crippen LogP contribution in [0.15, 0.2) is 36.4 Å². The van der Waals surface area contributed by atoms with E-state index in [1.54, 1.807) is 6.07 Å². The Bertz CT molecular complexity index is 750. The molecule has 2 aromatic carbocycles. The van der Waals surface area contributed by atoms with Gasteiger partial charge in [0.15, 0.2) is 5.78 Å². The largest absolute Gasteiger partial charge is 0.292 e. The lowest BCUT2D eigenvalue weighted by Gasteiger charge is -2.10. The Labute approximate surface area is 119 Å². The molecule has 0 N–H and O–H groups in total. The van der Waals surface area contributed by atoms with Gasteiger partial charge < -0.3 is 0 Å². The van der Waals surface area contributed by atoms with E-state index in [0.717, 1.165) is 18.2 Å². The molecule has 0 aromatic heterocycles. The quantitative estimate of drug-likeness (QED) is 0.804. The maximum absolute atomic E-state index is 13.7. The second-order valence-electron chi connectivity index (χ2n) is 4.56. The Kier molecular flexibility index (Phi) is 4.08. The van der Waals surface area contributed by atoms with Crippen molar-refractivity contribution in [3.63, 3.8) is 0 Å². The Hall–Kier alpha value is -2.61. The molecule has 1 atom stereocenters. The van der Waals surface area contributed by atoms with Crippen LogP contribution in [0.3, 0.4) is 0 Å². The molecule has 0 aliphatic heterocycles. The molecule has 0 saturated carbocycles. The molecule has 0 saturated heterocycles. The molecule has 1 unspecified atom stereocenters. The number of hydrogen-bond acceptors (Lipinski definition) is 2. The first-order valence-electron chi connectivity index (χ1n) is 6.09. The van der Waals surface area contributed by atoms with Gasteiger partial charge in [-0.05, 0) is 24.6 Å².